The minimum atomic E-state index is -0.994. The molecule has 0 saturated heterocycles. The average Bonchev–Trinajstić information content (AvgIpc) is 2.59. The summed E-state index contributed by atoms with van der Waals surface area (Å²) in [6, 6.07) is 7.50. The molecule has 1 amide bonds. The minimum Gasteiger partial charge on any atom is -0.497 e. The monoisotopic (exact) mass is 319 g/mol. The van der Waals surface area contributed by atoms with Crippen LogP contribution in [0.5, 0.6) is 11.5 Å². The number of carbonyl (C=O) groups excluding carboxylic acids is 1. The number of aromatic amines is 1. The molecule has 8 nitrogen and oxygen atoms in total. The van der Waals surface area contributed by atoms with E-state index in [1.54, 1.807) is 18.2 Å². The first kappa shape index (κ1) is 16.5. The van der Waals surface area contributed by atoms with E-state index in [1.165, 1.54) is 26.4 Å². The lowest BCUT2D eigenvalue weighted by atomic mass is 10.1. The molecular formula is C15H17N3O5. The molecule has 0 aliphatic carbocycles. The summed E-state index contributed by atoms with van der Waals surface area (Å²) in [6.07, 6.45) is -0.994. The highest BCUT2D eigenvalue weighted by Crippen LogP contribution is 2.29. The fourth-order valence-electron chi connectivity index (χ4n) is 1.96. The summed E-state index contributed by atoms with van der Waals surface area (Å²) >= 11 is 0. The van der Waals surface area contributed by atoms with E-state index in [2.05, 4.69) is 15.5 Å². The Morgan fingerprint density at radius 2 is 2.09 bits per heavy atom. The van der Waals surface area contributed by atoms with Crippen LogP contribution in [0.15, 0.2) is 35.1 Å². The lowest BCUT2D eigenvalue weighted by Gasteiger charge is -2.16. The fraction of sp³-hybridized carbons (Fsp3) is 0.267. The number of benzene rings is 1. The van der Waals surface area contributed by atoms with Crippen LogP contribution >= 0.6 is 0 Å². The molecule has 0 unspecified atom stereocenters. The third-order valence-electron chi connectivity index (χ3n) is 3.16. The van der Waals surface area contributed by atoms with E-state index in [9.17, 15) is 14.7 Å². The van der Waals surface area contributed by atoms with Gasteiger partial charge in [0.25, 0.3) is 11.5 Å². The van der Waals surface area contributed by atoms with E-state index in [0.29, 0.717) is 17.1 Å². The Kier molecular flexibility index (Phi) is 5.32. The summed E-state index contributed by atoms with van der Waals surface area (Å²) in [5, 5.41) is 18.6. The zero-order chi connectivity index (χ0) is 16.8. The van der Waals surface area contributed by atoms with Gasteiger partial charge in [0.15, 0.2) is 0 Å². The number of carbonyl (C=O) groups is 1. The molecule has 3 N–H and O–H groups in total. The SMILES string of the molecule is COc1ccc(OC)c([C@@H](O)CNC(=O)c2ccc(=O)[nH]n2)c1. The van der Waals surface area contributed by atoms with Gasteiger partial charge in [-0.1, -0.05) is 0 Å². The van der Waals surface area contributed by atoms with Gasteiger partial charge < -0.3 is 19.9 Å². The van der Waals surface area contributed by atoms with E-state index in [4.69, 9.17) is 9.47 Å². The number of methoxy groups -OCH3 is 2. The number of aromatic nitrogens is 2. The molecule has 23 heavy (non-hydrogen) atoms. The molecule has 1 atom stereocenters. The third-order valence-corrected chi connectivity index (χ3v) is 3.16. The van der Waals surface area contributed by atoms with Crippen LogP contribution < -0.4 is 20.3 Å². The van der Waals surface area contributed by atoms with Gasteiger partial charge in [-0.05, 0) is 24.3 Å². The number of aliphatic hydroxyl groups is 1. The molecule has 0 fully saturated rings. The number of rotatable bonds is 6. The van der Waals surface area contributed by atoms with Gasteiger partial charge >= 0.3 is 0 Å². The summed E-state index contributed by atoms with van der Waals surface area (Å²) in [7, 11) is 3.00. The van der Waals surface area contributed by atoms with Gasteiger partial charge in [-0.25, -0.2) is 5.10 Å². The number of ether oxygens (including phenoxy) is 2. The molecular weight excluding hydrogens is 302 g/mol. The highest BCUT2D eigenvalue weighted by atomic mass is 16.5. The van der Waals surface area contributed by atoms with Crippen LogP contribution in [0.1, 0.15) is 22.2 Å². The summed E-state index contributed by atoms with van der Waals surface area (Å²) in [5.41, 5.74) is 0.138. The normalized spacial score (nSPS) is 11.6. The van der Waals surface area contributed by atoms with Crippen LogP contribution in [0, 0.1) is 0 Å². The topological polar surface area (TPSA) is 114 Å². The first-order valence-corrected chi connectivity index (χ1v) is 6.79. The molecule has 2 rings (SSSR count). The Morgan fingerprint density at radius 1 is 1.30 bits per heavy atom. The molecule has 122 valence electrons. The summed E-state index contributed by atoms with van der Waals surface area (Å²) in [5.74, 6) is 0.533. The number of hydrogen-bond donors (Lipinski definition) is 3. The van der Waals surface area contributed by atoms with Gasteiger partial charge in [0, 0.05) is 18.2 Å². The highest BCUT2D eigenvalue weighted by Gasteiger charge is 2.16. The zero-order valence-electron chi connectivity index (χ0n) is 12.7. The van der Waals surface area contributed by atoms with Gasteiger partial charge in [0.05, 0.1) is 14.2 Å². The van der Waals surface area contributed by atoms with Gasteiger partial charge in [-0.15, -0.1) is 0 Å². The minimum absolute atomic E-state index is 0.0504. The largest absolute Gasteiger partial charge is 0.497 e. The Hall–Kier alpha value is -2.87. The smallest absolute Gasteiger partial charge is 0.271 e. The fourth-order valence-corrected chi connectivity index (χ4v) is 1.96. The number of amides is 1. The van der Waals surface area contributed by atoms with Crippen LogP contribution in [0.4, 0.5) is 0 Å². The van der Waals surface area contributed by atoms with Crippen LogP contribution in [0.25, 0.3) is 0 Å². The maximum atomic E-state index is 11.9. The number of H-pyrrole nitrogens is 1. The standard InChI is InChI=1S/C15H17N3O5/c1-22-9-3-5-13(23-2)10(7-9)12(19)8-16-15(21)11-4-6-14(20)18-17-11/h3-7,12,19H,8H2,1-2H3,(H,16,21)(H,18,20)/t12-/m0/s1. The molecule has 0 aliphatic heterocycles. The van der Waals surface area contributed by atoms with Crippen molar-refractivity contribution in [2.24, 2.45) is 0 Å². The molecule has 8 heteroatoms. The molecule has 1 aromatic heterocycles. The first-order chi connectivity index (χ1) is 11.0. The van der Waals surface area contributed by atoms with Crippen LogP contribution in [0.3, 0.4) is 0 Å². The number of nitrogens with one attached hydrogen (secondary N) is 2. The molecule has 1 aromatic carbocycles. The Balaban J connectivity index is 2.07. The first-order valence-electron chi connectivity index (χ1n) is 6.79. The molecule has 0 radical (unpaired) electrons. The Labute approximate surface area is 132 Å². The predicted molar refractivity (Wildman–Crippen MR) is 81.7 cm³/mol. The maximum absolute atomic E-state index is 11.9. The van der Waals surface area contributed by atoms with Crippen LogP contribution in [0.2, 0.25) is 0 Å². The molecule has 2 aromatic rings. The lowest BCUT2D eigenvalue weighted by Crippen LogP contribution is -2.30. The van der Waals surface area contributed by atoms with Crippen molar-refractivity contribution >= 4 is 5.91 Å². The summed E-state index contributed by atoms with van der Waals surface area (Å²) < 4.78 is 10.3. The van der Waals surface area contributed by atoms with E-state index in [0.717, 1.165) is 0 Å². The van der Waals surface area contributed by atoms with Gasteiger partial charge in [-0.2, -0.15) is 5.10 Å². The maximum Gasteiger partial charge on any atom is 0.271 e. The van der Waals surface area contributed by atoms with Crippen molar-refractivity contribution in [2.45, 2.75) is 6.10 Å². The van der Waals surface area contributed by atoms with Gasteiger partial charge in [0.2, 0.25) is 0 Å². The zero-order valence-corrected chi connectivity index (χ0v) is 12.7. The van der Waals surface area contributed by atoms with Crippen LogP contribution in [-0.2, 0) is 0 Å². The number of nitrogens with zero attached hydrogens (tertiary/aromatic N) is 1. The van der Waals surface area contributed by atoms with Crippen molar-refractivity contribution in [1.82, 2.24) is 15.5 Å². The average molecular weight is 319 g/mol. The van der Waals surface area contributed by atoms with E-state index < -0.39 is 17.6 Å². The van der Waals surface area contributed by atoms with Crippen molar-refractivity contribution in [3.63, 3.8) is 0 Å². The van der Waals surface area contributed by atoms with E-state index in [1.807, 2.05) is 0 Å². The molecule has 0 aliphatic rings. The van der Waals surface area contributed by atoms with Gasteiger partial charge in [0.1, 0.15) is 23.3 Å². The van der Waals surface area contributed by atoms with Crippen molar-refractivity contribution in [3.8, 4) is 11.5 Å². The second-order valence-electron chi connectivity index (χ2n) is 4.64. The third kappa shape index (κ3) is 4.07. The van der Waals surface area contributed by atoms with Crippen molar-refractivity contribution in [2.75, 3.05) is 20.8 Å². The van der Waals surface area contributed by atoms with Crippen LogP contribution in [-0.4, -0.2) is 42.0 Å². The molecule has 0 spiro atoms. The number of aliphatic hydroxyl groups excluding tert-OH is 1. The van der Waals surface area contributed by atoms with E-state index >= 15 is 0 Å². The number of hydrogen-bond acceptors (Lipinski definition) is 6. The lowest BCUT2D eigenvalue weighted by molar-refractivity contribution is 0.0908. The van der Waals surface area contributed by atoms with Crippen molar-refractivity contribution in [1.29, 1.82) is 0 Å². The Bertz CT molecular complexity index is 724. The Morgan fingerprint density at radius 3 is 2.70 bits per heavy atom. The second-order valence-corrected chi connectivity index (χ2v) is 4.64. The molecule has 0 saturated carbocycles. The van der Waals surface area contributed by atoms with E-state index in [-0.39, 0.29) is 12.2 Å². The van der Waals surface area contributed by atoms with Crippen molar-refractivity contribution < 1.29 is 19.4 Å². The quantitative estimate of drug-likeness (QED) is 0.703. The molecule has 1 heterocycles. The van der Waals surface area contributed by atoms with Crippen molar-refractivity contribution in [3.05, 3.63) is 51.9 Å². The summed E-state index contributed by atoms with van der Waals surface area (Å²) in [4.78, 5) is 22.8. The molecule has 0 bridgehead atoms. The second kappa shape index (κ2) is 7.41. The van der Waals surface area contributed by atoms with Gasteiger partial charge in [-0.3, -0.25) is 9.59 Å². The predicted octanol–water partition coefficient (Wildman–Crippen LogP) is 0.250. The highest BCUT2D eigenvalue weighted by molar-refractivity contribution is 5.91. The summed E-state index contributed by atoms with van der Waals surface area (Å²) in [6.45, 7) is -0.0524.